The van der Waals surface area contributed by atoms with Crippen LogP contribution >= 0.6 is 12.4 Å². The number of hydrogen-bond donors (Lipinski definition) is 3. The van der Waals surface area contributed by atoms with Gasteiger partial charge in [0, 0.05) is 43.9 Å². The fourth-order valence-electron chi connectivity index (χ4n) is 3.70. The quantitative estimate of drug-likeness (QED) is 0.420. The lowest BCUT2D eigenvalue weighted by atomic mass is 10.1. The third-order valence-corrected chi connectivity index (χ3v) is 5.45. The zero-order valence-corrected chi connectivity index (χ0v) is 20.1. The SMILES string of the molecule is COc1cc(CN[C@H](C)CN2CCOCC2)ccc1-c1cc(Nc2cnc(C#N)cn2)n[nH]1.Cl. The number of anilines is 2. The molecule has 4 rings (SSSR count). The number of nitrogens with one attached hydrogen (secondary N) is 3. The zero-order chi connectivity index (χ0) is 23.0. The molecule has 0 unspecified atom stereocenters. The molecule has 11 heteroatoms. The lowest BCUT2D eigenvalue weighted by Crippen LogP contribution is -2.44. The highest BCUT2D eigenvalue weighted by atomic mass is 35.5. The molecule has 0 spiro atoms. The van der Waals surface area contributed by atoms with Gasteiger partial charge < -0.3 is 20.1 Å². The number of nitrogens with zero attached hydrogens (tertiary/aromatic N) is 5. The number of morpholine rings is 1. The maximum Gasteiger partial charge on any atom is 0.158 e. The van der Waals surface area contributed by atoms with Gasteiger partial charge in [-0.25, -0.2) is 9.97 Å². The van der Waals surface area contributed by atoms with Crippen molar-refractivity contribution in [1.29, 1.82) is 5.26 Å². The highest BCUT2D eigenvalue weighted by Gasteiger charge is 2.14. The third-order valence-electron chi connectivity index (χ3n) is 5.45. The predicted octanol–water partition coefficient (Wildman–Crippen LogP) is 2.72. The van der Waals surface area contributed by atoms with E-state index in [-0.39, 0.29) is 18.1 Å². The highest BCUT2D eigenvalue weighted by molar-refractivity contribution is 5.85. The van der Waals surface area contributed by atoms with Gasteiger partial charge in [-0.15, -0.1) is 12.4 Å². The van der Waals surface area contributed by atoms with E-state index in [1.54, 1.807) is 7.11 Å². The van der Waals surface area contributed by atoms with Crippen LogP contribution in [0.1, 0.15) is 18.2 Å². The molecule has 1 atom stereocenters. The Kier molecular flexibility index (Phi) is 9.18. The molecule has 180 valence electrons. The van der Waals surface area contributed by atoms with Crippen molar-refractivity contribution in [3.05, 3.63) is 47.9 Å². The number of ether oxygens (including phenoxy) is 2. The molecular weight excluding hydrogens is 456 g/mol. The maximum absolute atomic E-state index is 8.83. The number of hydrogen-bond acceptors (Lipinski definition) is 9. The van der Waals surface area contributed by atoms with Crippen molar-refractivity contribution in [2.75, 3.05) is 45.3 Å². The van der Waals surface area contributed by atoms with Crippen molar-refractivity contribution in [3.63, 3.8) is 0 Å². The minimum Gasteiger partial charge on any atom is -0.496 e. The van der Waals surface area contributed by atoms with Crippen LogP contribution in [0.4, 0.5) is 11.6 Å². The van der Waals surface area contributed by atoms with Crippen molar-refractivity contribution in [2.45, 2.75) is 19.5 Å². The first-order chi connectivity index (χ1) is 16.1. The van der Waals surface area contributed by atoms with Crippen LogP contribution < -0.4 is 15.4 Å². The second kappa shape index (κ2) is 12.3. The highest BCUT2D eigenvalue weighted by Crippen LogP contribution is 2.31. The van der Waals surface area contributed by atoms with Gasteiger partial charge >= 0.3 is 0 Å². The fraction of sp³-hybridized carbons (Fsp3) is 0.391. The van der Waals surface area contributed by atoms with Crippen molar-refractivity contribution < 1.29 is 9.47 Å². The Morgan fingerprint density at radius 1 is 1.21 bits per heavy atom. The van der Waals surface area contributed by atoms with Gasteiger partial charge in [-0.2, -0.15) is 10.4 Å². The van der Waals surface area contributed by atoms with Crippen LogP contribution in [0.5, 0.6) is 5.75 Å². The first-order valence-corrected chi connectivity index (χ1v) is 10.9. The summed E-state index contributed by atoms with van der Waals surface area (Å²) in [6.07, 6.45) is 2.91. The van der Waals surface area contributed by atoms with Gasteiger partial charge in [0.1, 0.15) is 17.6 Å². The zero-order valence-electron chi connectivity index (χ0n) is 19.2. The van der Waals surface area contributed by atoms with E-state index >= 15 is 0 Å². The third kappa shape index (κ3) is 6.65. The average molecular weight is 485 g/mol. The Hall–Kier alpha value is -3.23. The smallest absolute Gasteiger partial charge is 0.158 e. The summed E-state index contributed by atoms with van der Waals surface area (Å²) >= 11 is 0. The summed E-state index contributed by atoms with van der Waals surface area (Å²) in [5, 5.41) is 22.8. The van der Waals surface area contributed by atoms with E-state index in [1.165, 1.54) is 12.4 Å². The molecule has 3 N–H and O–H groups in total. The fourth-order valence-corrected chi connectivity index (χ4v) is 3.70. The molecule has 3 aromatic rings. The second-order valence-corrected chi connectivity index (χ2v) is 7.92. The van der Waals surface area contributed by atoms with Gasteiger partial charge in [-0.1, -0.05) is 6.07 Å². The monoisotopic (exact) mass is 484 g/mol. The van der Waals surface area contributed by atoms with E-state index in [1.807, 2.05) is 24.3 Å². The molecule has 1 fully saturated rings. The van der Waals surface area contributed by atoms with Gasteiger partial charge in [0.25, 0.3) is 0 Å². The standard InChI is InChI=1S/C23H28N8O2.ClH/c1-16(15-31-5-7-33-8-6-31)25-12-17-3-4-19(21(9-17)32-2)20-10-22(30-29-20)28-23-14-26-18(11-24)13-27-23;/h3-4,9-10,13-14,16,25H,5-8,12,15H2,1-2H3,(H2,27,28,29,30);1H/t16-;/m1./s1. The van der Waals surface area contributed by atoms with Gasteiger partial charge in [-0.05, 0) is 24.6 Å². The average Bonchev–Trinajstić information content (AvgIpc) is 3.32. The lowest BCUT2D eigenvalue weighted by Gasteiger charge is -2.29. The van der Waals surface area contributed by atoms with Crippen molar-refractivity contribution in [3.8, 4) is 23.1 Å². The number of halogens is 1. The van der Waals surface area contributed by atoms with Crippen LogP contribution in [0, 0.1) is 11.3 Å². The minimum atomic E-state index is 0. The molecule has 0 bridgehead atoms. The summed E-state index contributed by atoms with van der Waals surface area (Å²) in [5.41, 5.74) is 3.14. The van der Waals surface area contributed by atoms with E-state index < -0.39 is 0 Å². The molecule has 0 aliphatic carbocycles. The first-order valence-electron chi connectivity index (χ1n) is 10.9. The summed E-state index contributed by atoms with van der Waals surface area (Å²) in [7, 11) is 1.67. The van der Waals surface area contributed by atoms with Gasteiger partial charge in [0.2, 0.25) is 0 Å². The van der Waals surface area contributed by atoms with Crippen LogP contribution in [0.3, 0.4) is 0 Å². The second-order valence-electron chi connectivity index (χ2n) is 7.92. The van der Waals surface area contributed by atoms with Crippen LogP contribution in [0.15, 0.2) is 36.7 Å². The molecule has 1 saturated heterocycles. The maximum atomic E-state index is 8.83. The molecule has 1 aliphatic heterocycles. The number of aromatic amines is 1. The Morgan fingerprint density at radius 3 is 2.74 bits per heavy atom. The van der Waals surface area contributed by atoms with E-state index in [0.29, 0.717) is 17.7 Å². The molecule has 0 saturated carbocycles. The van der Waals surface area contributed by atoms with Crippen LogP contribution in [0.2, 0.25) is 0 Å². The van der Waals surface area contributed by atoms with Crippen molar-refractivity contribution >= 4 is 24.0 Å². The van der Waals surface area contributed by atoms with Crippen LogP contribution in [-0.2, 0) is 11.3 Å². The van der Waals surface area contributed by atoms with Gasteiger partial charge in [0.15, 0.2) is 11.5 Å². The summed E-state index contributed by atoms with van der Waals surface area (Å²) in [6, 6.07) is 10.4. The number of methoxy groups -OCH3 is 1. The topological polar surface area (TPSA) is 124 Å². The summed E-state index contributed by atoms with van der Waals surface area (Å²) < 4.78 is 11.1. The van der Waals surface area contributed by atoms with E-state index in [0.717, 1.165) is 62.0 Å². The molecule has 1 aliphatic rings. The van der Waals surface area contributed by atoms with E-state index in [9.17, 15) is 0 Å². The number of H-pyrrole nitrogens is 1. The number of rotatable bonds is 9. The minimum absolute atomic E-state index is 0. The molecule has 1 aromatic carbocycles. The Bertz CT molecular complexity index is 1090. The molecule has 2 aromatic heterocycles. The van der Waals surface area contributed by atoms with Gasteiger partial charge in [-0.3, -0.25) is 10.00 Å². The molecular formula is C23H29ClN8O2. The Labute approximate surface area is 205 Å². The van der Waals surface area contributed by atoms with Crippen molar-refractivity contribution in [1.82, 2.24) is 30.4 Å². The van der Waals surface area contributed by atoms with E-state index in [4.69, 9.17) is 14.7 Å². The Morgan fingerprint density at radius 2 is 2.03 bits per heavy atom. The number of benzene rings is 1. The molecule has 0 radical (unpaired) electrons. The largest absolute Gasteiger partial charge is 0.496 e. The summed E-state index contributed by atoms with van der Waals surface area (Å²) in [4.78, 5) is 10.6. The molecule has 3 heterocycles. The van der Waals surface area contributed by atoms with Crippen molar-refractivity contribution in [2.24, 2.45) is 0 Å². The number of nitriles is 1. The predicted molar refractivity (Wildman–Crippen MR) is 131 cm³/mol. The first kappa shape index (κ1) is 25.4. The lowest BCUT2D eigenvalue weighted by molar-refractivity contribution is 0.0343. The molecule has 34 heavy (non-hydrogen) atoms. The van der Waals surface area contributed by atoms with Crippen LogP contribution in [-0.4, -0.2) is 71.1 Å². The summed E-state index contributed by atoms with van der Waals surface area (Å²) in [5.74, 6) is 1.86. The molecule has 10 nitrogen and oxygen atoms in total. The number of aromatic nitrogens is 4. The van der Waals surface area contributed by atoms with E-state index in [2.05, 4.69) is 48.7 Å². The Balaban J connectivity index is 0.00000324. The molecule has 0 amide bonds. The normalized spacial score (nSPS) is 14.6. The van der Waals surface area contributed by atoms with Gasteiger partial charge in [0.05, 0.1) is 38.4 Å². The van der Waals surface area contributed by atoms with Crippen LogP contribution in [0.25, 0.3) is 11.3 Å². The summed E-state index contributed by atoms with van der Waals surface area (Å²) in [6.45, 7) is 7.59.